The highest BCUT2D eigenvalue weighted by Crippen LogP contribution is 2.31. The van der Waals surface area contributed by atoms with Crippen molar-refractivity contribution in [3.8, 4) is 11.6 Å². The van der Waals surface area contributed by atoms with Gasteiger partial charge >= 0.3 is 6.36 Å². The van der Waals surface area contributed by atoms with Gasteiger partial charge in [-0.2, -0.15) is 4.98 Å². The maximum Gasteiger partial charge on any atom is 0.573 e. The van der Waals surface area contributed by atoms with Gasteiger partial charge in [0.1, 0.15) is 17.3 Å². The largest absolute Gasteiger partial charge is 0.573 e. The minimum Gasteiger partial charge on any atom is -0.479 e. The fraction of sp³-hybridized carbons (Fsp3) is 0.154. The van der Waals surface area contributed by atoms with Gasteiger partial charge in [-0.15, -0.1) is 13.2 Å². The van der Waals surface area contributed by atoms with Crippen molar-refractivity contribution in [2.24, 2.45) is 0 Å². The molecule has 0 unspecified atom stereocenters. The Morgan fingerprint density at radius 2 is 1.92 bits per heavy atom. The van der Waals surface area contributed by atoms with Gasteiger partial charge in [0.05, 0.1) is 12.8 Å². The van der Waals surface area contributed by atoms with Gasteiger partial charge in [-0.1, -0.05) is 0 Å². The molecule has 0 saturated heterocycles. The van der Waals surface area contributed by atoms with Gasteiger partial charge in [0, 0.05) is 12.1 Å². The van der Waals surface area contributed by atoms with Crippen molar-refractivity contribution in [1.29, 1.82) is 0 Å². The molecule has 0 aliphatic carbocycles. The predicted molar refractivity (Wildman–Crippen MR) is 72.5 cm³/mol. The van der Waals surface area contributed by atoms with E-state index in [1.165, 1.54) is 13.2 Å². The topological polar surface area (TPSA) is 82.3 Å². The molecule has 126 valence electrons. The molecule has 0 amide bonds. The van der Waals surface area contributed by atoms with Crippen LogP contribution in [0.2, 0.25) is 0 Å². The lowest BCUT2D eigenvalue weighted by molar-refractivity contribution is -0.274. The van der Waals surface area contributed by atoms with Crippen LogP contribution in [0.3, 0.4) is 0 Å². The molecule has 11 heteroatoms. The molecule has 0 atom stereocenters. The van der Waals surface area contributed by atoms with Crippen LogP contribution in [0.5, 0.6) is 11.6 Å². The number of alkyl halides is 3. The number of nitrogens with one attached hydrogen (secondary N) is 1. The number of benzene rings is 1. The van der Waals surface area contributed by atoms with E-state index in [9.17, 15) is 17.6 Å². The molecule has 0 radical (unpaired) electrons. The van der Waals surface area contributed by atoms with Gasteiger partial charge in [0.2, 0.25) is 11.5 Å². The van der Waals surface area contributed by atoms with E-state index in [1.54, 1.807) is 0 Å². The summed E-state index contributed by atoms with van der Waals surface area (Å²) in [5.74, 6) is -1.56. The van der Waals surface area contributed by atoms with Crippen molar-refractivity contribution >= 4 is 22.5 Å². The van der Waals surface area contributed by atoms with Gasteiger partial charge in [-0.05, 0) is 22.4 Å². The zero-order valence-electron chi connectivity index (χ0n) is 11.9. The highest BCUT2D eigenvalue weighted by atomic mass is 19.4. The van der Waals surface area contributed by atoms with Crippen LogP contribution in [0.15, 0.2) is 28.9 Å². The number of rotatable bonds is 4. The summed E-state index contributed by atoms with van der Waals surface area (Å²) >= 11 is 0. The first-order chi connectivity index (χ1) is 11.4. The van der Waals surface area contributed by atoms with Crippen molar-refractivity contribution in [3.63, 3.8) is 0 Å². The van der Waals surface area contributed by atoms with Gasteiger partial charge in [-0.25, -0.2) is 9.02 Å². The third-order valence-electron chi connectivity index (χ3n) is 2.85. The molecule has 2 aromatic heterocycles. The monoisotopic (exact) mass is 344 g/mol. The summed E-state index contributed by atoms with van der Waals surface area (Å²) in [5.41, 5.74) is 0.590. The number of pyridine rings is 1. The Bertz CT molecular complexity index is 881. The summed E-state index contributed by atoms with van der Waals surface area (Å²) in [6.07, 6.45) is -4.90. The predicted octanol–water partition coefficient (Wildman–Crippen LogP) is 3.41. The second kappa shape index (κ2) is 5.83. The number of fused-ring (bicyclic) bond motifs is 1. The highest BCUT2D eigenvalue weighted by molar-refractivity contribution is 5.78. The molecule has 3 aromatic rings. The van der Waals surface area contributed by atoms with Crippen molar-refractivity contribution in [3.05, 3.63) is 30.1 Å². The Hall–Kier alpha value is -3.11. The first-order valence-electron chi connectivity index (χ1n) is 6.35. The summed E-state index contributed by atoms with van der Waals surface area (Å²) in [6, 6.07) is 4.10. The van der Waals surface area contributed by atoms with Crippen molar-refractivity contribution in [2.45, 2.75) is 6.36 Å². The van der Waals surface area contributed by atoms with Crippen LogP contribution in [0.25, 0.3) is 11.2 Å². The number of hydrogen-bond donors (Lipinski definition) is 1. The maximum absolute atomic E-state index is 14.0. The molecule has 2 heterocycles. The van der Waals surface area contributed by atoms with Crippen LogP contribution in [-0.2, 0) is 0 Å². The Kier molecular flexibility index (Phi) is 3.83. The molecule has 0 saturated carbocycles. The van der Waals surface area contributed by atoms with Gasteiger partial charge in [0.15, 0.2) is 5.52 Å². The normalized spacial score (nSPS) is 11.5. The van der Waals surface area contributed by atoms with Crippen LogP contribution in [-0.4, -0.2) is 28.8 Å². The van der Waals surface area contributed by atoms with Gasteiger partial charge in [-0.3, -0.25) is 0 Å². The van der Waals surface area contributed by atoms with Crippen molar-refractivity contribution < 1.29 is 31.7 Å². The molecular weight excluding hydrogens is 336 g/mol. The highest BCUT2D eigenvalue weighted by Gasteiger charge is 2.31. The fourth-order valence-electron chi connectivity index (χ4n) is 1.90. The lowest BCUT2D eigenvalue weighted by Gasteiger charge is -2.12. The Balaban J connectivity index is 1.90. The molecule has 0 fully saturated rings. The zero-order valence-corrected chi connectivity index (χ0v) is 11.9. The Morgan fingerprint density at radius 1 is 1.12 bits per heavy atom. The number of methoxy groups -OCH3 is 1. The third kappa shape index (κ3) is 3.29. The average Bonchev–Trinajstić information content (AvgIpc) is 2.94. The van der Waals surface area contributed by atoms with Gasteiger partial charge in [0.25, 0.3) is 0 Å². The average molecular weight is 344 g/mol. The minimum absolute atomic E-state index is 0.0771. The summed E-state index contributed by atoms with van der Waals surface area (Å²) in [4.78, 5) is 4.00. The quantitative estimate of drug-likeness (QED) is 0.726. The Labute approximate surface area is 131 Å². The van der Waals surface area contributed by atoms with Crippen LogP contribution in [0, 0.1) is 5.82 Å². The molecule has 24 heavy (non-hydrogen) atoms. The van der Waals surface area contributed by atoms with Crippen molar-refractivity contribution in [1.82, 2.24) is 15.3 Å². The van der Waals surface area contributed by atoms with E-state index >= 15 is 0 Å². The van der Waals surface area contributed by atoms with Gasteiger partial charge < -0.3 is 14.8 Å². The number of ether oxygens (including phenoxy) is 2. The molecule has 0 spiro atoms. The minimum atomic E-state index is -4.90. The number of halogens is 4. The summed E-state index contributed by atoms with van der Waals surface area (Å²) < 4.78 is 63.6. The van der Waals surface area contributed by atoms with E-state index in [2.05, 4.69) is 30.0 Å². The molecule has 0 aliphatic rings. The maximum atomic E-state index is 14.0. The molecular formula is C13H8F4N4O3. The third-order valence-corrected chi connectivity index (χ3v) is 2.85. The van der Waals surface area contributed by atoms with E-state index in [-0.39, 0.29) is 28.4 Å². The van der Waals surface area contributed by atoms with E-state index in [0.29, 0.717) is 6.07 Å². The SMILES string of the molecule is COc1nc2nonc2cc1Nc1ccc(OC(F)(F)F)cc1F. The zero-order chi connectivity index (χ0) is 17.3. The molecule has 3 rings (SSSR count). The fourth-order valence-corrected chi connectivity index (χ4v) is 1.90. The first-order valence-corrected chi connectivity index (χ1v) is 6.35. The van der Waals surface area contributed by atoms with Crippen LogP contribution in [0.1, 0.15) is 0 Å². The van der Waals surface area contributed by atoms with E-state index in [0.717, 1.165) is 12.1 Å². The number of anilines is 2. The molecule has 7 nitrogen and oxygen atoms in total. The molecule has 0 aliphatic heterocycles. The van der Waals surface area contributed by atoms with E-state index in [1.807, 2.05) is 0 Å². The smallest absolute Gasteiger partial charge is 0.479 e. The summed E-state index contributed by atoms with van der Waals surface area (Å²) in [7, 11) is 1.34. The summed E-state index contributed by atoms with van der Waals surface area (Å²) in [5, 5.41) is 9.78. The Morgan fingerprint density at radius 3 is 2.58 bits per heavy atom. The lowest BCUT2D eigenvalue weighted by atomic mass is 10.2. The molecule has 1 aromatic carbocycles. The standard InChI is InChI=1S/C13H8F4N4O3/c1-22-12-10(5-9-11(19-12)21-24-20-9)18-8-3-2-6(4-7(8)14)23-13(15,16)17/h2-5,18H,1H3. The first kappa shape index (κ1) is 15.8. The number of hydrogen-bond acceptors (Lipinski definition) is 7. The van der Waals surface area contributed by atoms with Crippen molar-refractivity contribution in [2.75, 3.05) is 12.4 Å². The van der Waals surface area contributed by atoms with E-state index in [4.69, 9.17) is 4.74 Å². The summed E-state index contributed by atoms with van der Waals surface area (Å²) in [6.45, 7) is 0. The van der Waals surface area contributed by atoms with Crippen LogP contribution < -0.4 is 14.8 Å². The van der Waals surface area contributed by atoms with Crippen LogP contribution in [0.4, 0.5) is 28.9 Å². The lowest BCUT2D eigenvalue weighted by Crippen LogP contribution is -2.17. The van der Waals surface area contributed by atoms with Crippen LogP contribution >= 0.6 is 0 Å². The number of nitrogens with zero attached hydrogens (tertiary/aromatic N) is 3. The number of aromatic nitrogens is 3. The second-order valence-electron chi connectivity index (χ2n) is 4.47. The molecule has 0 bridgehead atoms. The van der Waals surface area contributed by atoms with E-state index < -0.39 is 17.9 Å². The second-order valence-corrected chi connectivity index (χ2v) is 4.47. The molecule has 1 N–H and O–H groups in total.